The van der Waals surface area contributed by atoms with E-state index in [4.69, 9.17) is 0 Å². The fraction of sp³-hybridized carbons (Fsp3) is 0.267. The summed E-state index contributed by atoms with van der Waals surface area (Å²) >= 11 is 0. The zero-order valence-electron chi connectivity index (χ0n) is 20.1. The zero-order chi connectivity index (χ0) is 23.9. The number of benzene rings is 3. The van der Waals surface area contributed by atoms with Crippen molar-refractivity contribution in [3.8, 4) is 11.1 Å². The van der Waals surface area contributed by atoms with Crippen molar-refractivity contribution in [3.63, 3.8) is 0 Å². The molecular weight excluding hydrogens is 438 g/mol. The van der Waals surface area contributed by atoms with Gasteiger partial charge in [-0.3, -0.25) is 0 Å². The van der Waals surface area contributed by atoms with E-state index in [-0.39, 0.29) is 5.41 Å². The molecule has 1 aliphatic heterocycles. The third kappa shape index (κ3) is 4.06. The first-order chi connectivity index (χ1) is 16.3. The van der Waals surface area contributed by atoms with Crippen LogP contribution in [0.1, 0.15) is 37.8 Å². The van der Waals surface area contributed by atoms with Gasteiger partial charge >= 0.3 is 0 Å². The SMILES string of the molecule is CC1=C2CN(S(=O)(=O)c3ccc(C)cc3)C[C@]2(C)CCC(c2ccccc2-c2ccccc2)=C1. The summed E-state index contributed by atoms with van der Waals surface area (Å²) in [6, 6.07) is 26.3. The first-order valence-corrected chi connectivity index (χ1v) is 13.3. The average Bonchev–Trinajstić information content (AvgIpc) is 3.15. The van der Waals surface area contributed by atoms with Crippen LogP contribution >= 0.6 is 0 Å². The number of rotatable bonds is 4. The Morgan fingerprint density at radius 3 is 2.18 bits per heavy atom. The van der Waals surface area contributed by atoms with E-state index >= 15 is 0 Å². The normalized spacial score (nSPS) is 21.2. The summed E-state index contributed by atoms with van der Waals surface area (Å²) in [7, 11) is -3.52. The third-order valence-electron chi connectivity index (χ3n) is 7.42. The van der Waals surface area contributed by atoms with Crippen molar-refractivity contribution in [3.05, 3.63) is 107 Å². The van der Waals surface area contributed by atoms with E-state index < -0.39 is 10.0 Å². The molecule has 3 nitrogen and oxygen atoms in total. The van der Waals surface area contributed by atoms with Gasteiger partial charge in [0.1, 0.15) is 0 Å². The molecule has 0 spiro atoms. The van der Waals surface area contributed by atoms with Crippen molar-refractivity contribution in [2.24, 2.45) is 5.41 Å². The van der Waals surface area contributed by atoms with Gasteiger partial charge in [-0.25, -0.2) is 8.42 Å². The summed E-state index contributed by atoms with van der Waals surface area (Å²) in [4.78, 5) is 0.379. The van der Waals surface area contributed by atoms with Crippen molar-refractivity contribution in [2.45, 2.75) is 38.5 Å². The van der Waals surface area contributed by atoms with Gasteiger partial charge < -0.3 is 0 Å². The lowest BCUT2D eigenvalue weighted by molar-refractivity contribution is 0.354. The Bertz CT molecular complexity index is 1390. The molecule has 3 aromatic rings. The van der Waals surface area contributed by atoms with Crippen molar-refractivity contribution in [1.82, 2.24) is 4.31 Å². The lowest BCUT2D eigenvalue weighted by atomic mass is 9.79. The van der Waals surface area contributed by atoms with Crippen LogP contribution in [-0.2, 0) is 10.0 Å². The Hall–Kier alpha value is -2.95. The molecule has 34 heavy (non-hydrogen) atoms. The molecule has 3 aromatic carbocycles. The molecule has 0 amide bonds. The Labute approximate surface area is 203 Å². The topological polar surface area (TPSA) is 37.4 Å². The summed E-state index contributed by atoms with van der Waals surface area (Å²) in [5.74, 6) is 0. The summed E-state index contributed by atoms with van der Waals surface area (Å²) in [6.07, 6.45) is 4.14. The first kappa shape index (κ1) is 22.8. The van der Waals surface area contributed by atoms with Crippen LogP contribution in [-0.4, -0.2) is 25.8 Å². The van der Waals surface area contributed by atoms with Crippen LogP contribution in [0.25, 0.3) is 16.7 Å². The maximum Gasteiger partial charge on any atom is 0.243 e. The maximum absolute atomic E-state index is 13.4. The highest BCUT2D eigenvalue weighted by atomic mass is 32.2. The Balaban J connectivity index is 1.51. The molecule has 0 radical (unpaired) electrons. The van der Waals surface area contributed by atoms with Crippen LogP contribution in [0.2, 0.25) is 0 Å². The second kappa shape index (κ2) is 8.68. The number of hydrogen-bond acceptors (Lipinski definition) is 2. The van der Waals surface area contributed by atoms with Gasteiger partial charge in [-0.1, -0.05) is 85.3 Å². The summed E-state index contributed by atoms with van der Waals surface area (Å²) in [5.41, 5.74) is 8.39. The predicted octanol–water partition coefficient (Wildman–Crippen LogP) is 6.87. The van der Waals surface area contributed by atoms with Gasteiger partial charge in [-0.15, -0.1) is 0 Å². The molecule has 0 bridgehead atoms. The molecule has 1 fully saturated rings. The van der Waals surface area contributed by atoms with E-state index in [2.05, 4.69) is 68.5 Å². The Morgan fingerprint density at radius 2 is 1.47 bits per heavy atom. The molecule has 0 saturated carbocycles. The summed E-state index contributed by atoms with van der Waals surface area (Å²) in [6.45, 7) is 7.34. The molecule has 174 valence electrons. The third-order valence-corrected chi connectivity index (χ3v) is 9.22. The Morgan fingerprint density at radius 1 is 0.824 bits per heavy atom. The highest BCUT2D eigenvalue weighted by Gasteiger charge is 2.44. The molecule has 2 aliphatic rings. The number of nitrogens with zero attached hydrogens (tertiary/aromatic N) is 1. The van der Waals surface area contributed by atoms with Crippen molar-refractivity contribution >= 4 is 15.6 Å². The van der Waals surface area contributed by atoms with Crippen molar-refractivity contribution < 1.29 is 8.42 Å². The molecule has 1 heterocycles. The van der Waals surface area contributed by atoms with Gasteiger partial charge in [0.2, 0.25) is 10.0 Å². The average molecular weight is 470 g/mol. The molecule has 1 saturated heterocycles. The molecule has 5 rings (SSSR count). The van der Waals surface area contributed by atoms with Crippen LogP contribution in [0, 0.1) is 12.3 Å². The minimum absolute atomic E-state index is 0.165. The summed E-state index contributed by atoms with van der Waals surface area (Å²) in [5, 5.41) is 0. The molecule has 1 atom stereocenters. The zero-order valence-corrected chi connectivity index (χ0v) is 20.9. The van der Waals surface area contributed by atoms with E-state index in [0.29, 0.717) is 18.0 Å². The minimum Gasteiger partial charge on any atom is -0.207 e. The van der Waals surface area contributed by atoms with E-state index in [1.54, 1.807) is 16.4 Å². The fourth-order valence-electron chi connectivity index (χ4n) is 5.44. The van der Waals surface area contributed by atoms with Crippen molar-refractivity contribution in [1.29, 1.82) is 0 Å². The standard InChI is InChI=1S/C30H31NO2S/c1-22-13-15-26(16-14-22)34(32,33)31-20-29-23(2)19-25(17-18-30(29,3)21-31)28-12-8-7-11-27(28)24-9-5-4-6-10-24/h4-16,19H,17-18,20-21H2,1-3H3/t30-/m0/s1. The van der Waals surface area contributed by atoms with Crippen LogP contribution in [0.3, 0.4) is 0 Å². The smallest absolute Gasteiger partial charge is 0.207 e. The molecule has 0 N–H and O–H groups in total. The lowest BCUT2D eigenvalue weighted by Gasteiger charge is -2.26. The summed E-state index contributed by atoms with van der Waals surface area (Å²) < 4.78 is 28.5. The largest absolute Gasteiger partial charge is 0.243 e. The molecule has 4 heteroatoms. The quantitative estimate of drug-likeness (QED) is 0.418. The van der Waals surface area contributed by atoms with Gasteiger partial charge in [0.05, 0.1) is 4.90 Å². The van der Waals surface area contributed by atoms with Gasteiger partial charge in [0.15, 0.2) is 0 Å². The minimum atomic E-state index is -3.52. The van der Waals surface area contributed by atoms with E-state index in [0.717, 1.165) is 18.4 Å². The van der Waals surface area contributed by atoms with Crippen LogP contribution in [0.15, 0.2) is 101 Å². The van der Waals surface area contributed by atoms with E-state index in [1.165, 1.54) is 33.4 Å². The molecular formula is C30H31NO2S. The number of allylic oxidation sites excluding steroid dienone is 3. The highest BCUT2D eigenvalue weighted by Crippen LogP contribution is 2.47. The first-order valence-electron chi connectivity index (χ1n) is 11.9. The van der Waals surface area contributed by atoms with Crippen LogP contribution < -0.4 is 0 Å². The number of hydrogen-bond donors (Lipinski definition) is 0. The monoisotopic (exact) mass is 469 g/mol. The number of aryl methyl sites for hydroxylation is 1. The molecule has 0 aromatic heterocycles. The molecule has 1 aliphatic carbocycles. The van der Waals surface area contributed by atoms with Crippen LogP contribution in [0.4, 0.5) is 0 Å². The van der Waals surface area contributed by atoms with Gasteiger partial charge in [-0.2, -0.15) is 4.31 Å². The van der Waals surface area contributed by atoms with Gasteiger partial charge in [0, 0.05) is 18.5 Å². The van der Waals surface area contributed by atoms with Crippen molar-refractivity contribution in [2.75, 3.05) is 13.1 Å². The second-order valence-electron chi connectivity index (χ2n) is 9.89. The van der Waals surface area contributed by atoms with Gasteiger partial charge in [-0.05, 0) is 72.2 Å². The lowest BCUT2D eigenvalue weighted by Crippen LogP contribution is -2.31. The van der Waals surface area contributed by atoms with Gasteiger partial charge in [0.25, 0.3) is 0 Å². The number of fused-ring (bicyclic) bond motifs is 1. The van der Waals surface area contributed by atoms with E-state index in [9.17, 15) is 8.42 Å². The van der Waals surface area contributed by atoms with E-state index in [1.807, 2.05) is 25.1 Å². The highest BCUT2D eigenvalue weighted by molar-refractivity contribution is 7.89. The fourth-order valence-corrected chi connectivity index (χ4v) is 6.98. The molecule has 0 unspecified atom stereocenters. The predicted molar refractivity (Wildman–Crippen MR) is 140 cm³/mol. The van der Waals surface area contributed by atoms with Crippen LogP contribution in [0.5, 0.6) is 0 Å². The Kier molecular flexibility index (Phi) is 5.83. The second-order valence-corrected chi connectivity index (χ2v) is 11.8. The number of sulfonamides is 1. The maximum atomic E-state index is 13.4.